The van der Waals surface area contributed by atoms with Gasteiger partial charge in [0.1, 0.15) is 4.21 Å². The lowest BCUT2D eigenvalue weighted by Gasteiger charge is -2.04. The fourth-order valence-electron chi connectivity index (χ4n) is 1.57. The molecule has 1 saturated carbocycles. The fourth-order valence-corrected chi connectivity index (χ4v) is 5.35. The van der Waals surface area contributed by atoms with Gasteiger partial charge in [-0.15, -0.1) is 11.3 Å². The van der Waals surface area contributed by atoms with Gasteiger partial charge in [0.05, 0.1) is 10.7 Å². The molecule has 1 aliphatic rings. The van der Waals surface area contributed by atoms with Crippen molar-refractivity contribution < 1.29 is 4.21 Å². The highest BCUT2D eigenvalue weighted by Crippen LogP contribution is 2.38. The van der Waals surface area contributed by atoms with E-state index in [1.54, 1.807) is 11.3 Å². The minimum absolute atomic E-state index is 0.316. The first-order valence-electron chi connectivity index (χ1n) is 5.26. The molecule has 1 heterocycles. The zero-order chi connectivity index (χ0) is 11.2. The Hall–Kier alpha value is -0.350. The SMILES string of the molecule is C=S(=O)(c1sc(C(C)C)nc1C)C1CC1. The lowest BCUT2D eigenvalue weighted by atomic mass is 10.2. The van der Waals surface area contributed by atoms with Gasteiger partial charge in [0.2, 0.25) is 0 Å². The Morgan fingerprint density at radius 2 is 2.13 bits per heavy atom. The molecule has 0 spiro atoms. The lowest BCUT2D eigenvalue weighted by molar-refractivity contribution is 0.681. The summed E-state index contributed by atoms with van der Waals surface area (Å²) in [5.74, 6) is 4.35. The molecule has 0 saturated heterocycles. The van der Waals surface area contributed by atoms with Crippen molar-refractivity contribution in [1.29, 1.82) is 0 Å². The number of aryl methyl sites for hydroxylation is 1. The summed E-state index contributed by atoms with van der Waals surface area (Å²) >= 11 is 1.59. The number of hydrogen-bond acceptors (Lipinski definition) is 3. The van der Waals surface area contributed by atoms with Gasteiger partial charge in [-0.05, 0) is 25.6 Å². The Labute approximate surface area is 95.8 Å². The smallest absolute Gasteiger partial charge is 0.106 e. The maximum absolute atomic E-state index is 12.5. The molecule has 2 rings (SSSR count). The van der Waals surface area contributed by atoms with Gasteiger partial charge >= 0.3 is 0 Å². The summed E-state index contributed by atoms with van der Waals surface area (Å²) in [6.07, 6.45) is 2.13. The van der Waals surface area contributed by atoms with E-state index >= 15 is 0 Å². The summed E-state index contributed by atoms with van der Waals surface area (Å²) in [6.45, 7) is 6.18. The van der Waals surface area contributed by atoms with Crippen LogP contribution >= 0.6 is 11.3 Å². The molecule has 0 radical (unpaired) electrons. The van der Waals surface area contributed by atoms with Crippen LogP contribution in [-0.2, 0) is 9.52 Å². The first-order chi connectivity index (χ1) is 6.93. The van der Waals surface area contributed by atoms with E-state index < -0.39 is 9.52 Å². The van der Waals surface area contributed by atoms with Crippen molar-refractivity contribution >= 4 is 26.7 Å². The molecule has 1 aromatic rings. The molecule has 0 bridgehead atoms. The minimum Gasteiger partial charge on any atom is -0.262 e. The van der Waals surface area contributed by atoms with Crippen LogP contribution in [0, 0.1) is 6.92 Å². The number of nitrogens with zero attached hydrogens (tertiary/aromatic N) is 1. The monoisotopic (exact) mass is 243 g/mol. The first kappa shape index (κ1) is 11.1. The van der Waals surface area contributed by atoms with E-state index in [0.29, 0.717) is 11.2 Å². The molecular weight excluding hydrogens is 226 g/mol. The van der Waals surface area contributed by atoms with Gasteiger partial charge in [0.25, 0.3) is 0 Å². The van der Waals surface area contributed by atoms with Crippen molar-refractivity contribution in [1.82, 2.24) is 4.98 Å². The molecular formula is C11H17NOS2. The Morgan fingerprint density at radius 3 is 2.53 bits per heavy atom. The average molecular weight is 243 g/mol. The molecule has 1 fully saturated rings. The second kappa shape index (κ2) is 3.59. The summed E-state index contributed by atoms with van der Waals surface area (Å²) in [7, 11) is -2.05. The van der Waals surface area contributed by atoms with Gasteiger partial charge in [-0.3, -0.25) is 4.21 Å². The average Bonchev–Trinajstić information content (AvgIpc) is 2.89. The quantitative estimate of drug-likeness (QED) is 0.764. The van der Waals surface area contributed by atoms with Gasteiger partial charge in [-0.2, -0.15) is 0 Å². The van der Waals surface area contributed by atoms with Crippen LogP contribution in [0.2, 0.25) is 0 Å². The molecule has 1 unspecified atom stereocenters. The minimum atomic E-state index is -2.05. The number of aromatic nitrogens is 1. The molecule has 15 heavy (non-hydrogen) atoms. The predicted molar refractivity (Wildman–Crippen MR) is 67.5 cm³/mol. The van der Waals surface area contributed by atoms with Crippen LogP contribution in [0.25, 0.3) is 0 Å². The molecule has 4 heteroatoms. The Bertz CT molecular complexity index is 467. The largest absolute Gasteiger partial charge is 0.262 e. The lowest BCUT2D eigenvalue weighted by Crippen LogP contribution is -2.05. The summed E-state index contributed by atoms with van der Waals surface area (Å²) < 4.78 is 13.4. The molecule has 0 aromatic carbocycles. The van der Waals surface area contributed by atoms with Crippen LogP contribution in [0.4, 0.5) is 0 Å². The van der Waals surface area contributed by atoms with Crippen LogP contribution in [-0.4, -0.2) is 20.3 Å². The number of hydrogen-bond donors (Lipinski definition) is 0. The van der Waals surface area contributed by atoms with Crippen molar-refractivity contribution in [2.45, 2.75) is 49.0 Å². The van der Waals surface area contributed by atoms with Crippen LogP contribution < -0.4 is 0 Å². The summed E-state index contributed by atoms with van der Waals surface area (Å²) in [5.41, 5.74) is 0.926. The molecule has 84 valence electrons. The molecule has 1 aliphatic carbocycles. The van der Waals surface area contributed by atoms with Gasteiger partial charge in [-0.1, -0.05) is 13.8 Å². The Morgan fingerprint density at radius 1 is 1.53 bits per heavy atom. The first-order valence-corrected chi connectivity index (χ1v) is 7.87. The van der Waals surface area contributed by atoms with Gasteiger partial charge < -0.3 is 0 Å². The van der Waals surface area contributed by atoms with Crippen molar-refractivity contribution in [3.63, 3.8) is 0 Å². The zero-order valence-corrected chi connectivity index (χ0v) is 11.1. The third-order valence-corrected chi connectivity index (χ3v) is 7.46. The van der Waals surface area contributed by atoms with Crippen LogP contribution in [0.15, 0.2) is 4.21 Å². The predicted octanol–water partition coefficient (Wildman–Crippen LogP) is 2.81. The van der Waals surface area contributed by atoms with Crippen molar-refractivity contribution in [3.05, 3.63) is 10.7 Å². The van der Waals surface area contributed by atoms with Gasteiger partial charge in [0.15, 0.2) is 0 Å². The molecule has 0 amide bonds. The van der Waals surface area contributed by atoms with Crippen LogP contribution in [0.1, 0.15) is 43.3 Å². The van der Waals surface area contributed by atoms with Gasteiger partial charge in [0, 0.05) is 20.7 Å². The Kier molecular flexibility index (Phi) is 2.67. The molecule has 2 nitrogen and oxygen atoms in total. The highest BCUT2D eigenvalue weighted by molar-refractivity contribution is 8.02. The van der Waals surface area contributed by atoms with Crippen LogP contribution in [0.3, 0.4) is 0 Å². The Balaban J connectivity index is 2.44. The topological polar surface area (TPSA) is 30.0 Å². The van der Waals surface area contributed by atoms with E-state index in [0.717, 1.165) is 27.8 Å². The van der Waals surface area contributed by atoms with E-state index in [-0.39, 0.29) is 0 Å². The maximum atomic E-state index is 12.5. The molecule has 1 atom stereocenters. The standard InChI is InChI=1S/C11H17NOS2/c1-7(2)10-12-8(3)11(14-10)15(4,13)9-5-6-9/h7,9H,4-6H2,1-3H3. The molecule has 1 aromatic heterocycles. The molecule has 0 aliphatic heterocycles. The highest BCUT2D eigenvalue weighted by atomic mass is 32.2. The van der Waals surface area contributed by atoms with Gasteiger partial charge in [-0.25, -0.2) is 4.98 Å². The highest BCUT2D eigenvalue weighted by Gasteiger charge is 2.34. The van der Waals surface area contributed by atoms with E-state index in [9.17, 15) is 4.21 Å². The molecule has 0 N–H and O–H groups in total. The van der Waals surface area contributed by atoms with E-state index in [4.69, 9.17) is 0 Å². The van der Waals surface area contributed by atoms with Crippen LogP contribution in [0.5, 0.6) is 0 Å². The van der Waals surface area contributed by atoms with E-state index in [2.05, 4.69) is 24.7 Å². The van der Waals surface area contributed by atoms with Crippen molar-refractivity contribution in [3.8, 4) is 0 Å². The second-order valence-corrected chi connectivity index (χ2v) is 8.32. The number of rotatable bonds is 3. The summed E-state index contributed by atoms with van der Waals surface area (Å²) in [4.78, 5) is 4.49. The van der Waals surface area contributed by atoms with E-state index in [1.165, 1.54) is 0 Å². The van der Waals surface area contributed by atoms with Crippen molar-refractivity contribution in [2.24, 2.45) is 0 Å². The third-order valence-electron chi connectivity index (χ3n) is 2.64. The summed E-state index contributed by atoms with van der Waals surface area (Å²) in [5, 5.41) is 1.40. The summed E-state index contributed by atoms with van der Waals surface area (Å²) in [6, 6.07) is 0. The second-order valence-electron chi connectivity index (χ2n) is 4.51. The third kappa shape index (κ3) is 1.97. The zero-order valence-electron chi connectivity index (χ0n) is 9.45. The normalized spacial score (nSPS) is 20.5. The van der Waals surface area contributed by atoms with Crippen molar-refractivity contribution in [2.75, 3.05) is 0 Å². The fraction of sp³-hybridized carbons (Fsp3) is 0.636. The number of thiazole rings is 1. The maximum Gasteiger partial charge on any atom is 0.106 e. The van der Waals surface area contributed by atoms with E-state index in [1.807, 2.05) is 6.92 Å².